The van der Waals surface area contributed by atoms with Crippen LogP contribution in [0, 0.1) is 0 Å². The highest BCUT2D eigenvalue weighted by Gasteiger charge is 2.31. The molecule has 4 aromatic rings. The number of anilines is 1. The number of benzene rings is 2. The monoisotopic (exact) mass is 492 g/mol. The molecule has 0 radical (unpaired) electrons. The molecule has 0 bridgehead atoms. The summed E-state index contributed by atoms with van der Waals surface area (Å²) in [6.45, 7) is 3.03. The third-order valence-corrected chi connectivity index (χ3v) is 7.70. The highest BCUT2D eigenvalue weighted by atomic mass is 35.5. The molecule has 2 fully saturated rings. The number of nitrogens with one attached hydrogen (secondary N) is 1. The molecular formula is C25H25ClN6OS. The number of piperazine rings is 1. The quantitative estimate of drug-likeness (QED) is 0.389. The summed E-state index contributed by atoms with van der Waals surface area (Å²) < 4.78 is 2.23. The first-order valence-corrected chi connectivity index (χ1v) is 13.0. The molecule has 1 aliphatic heterocycles. The normalized spacial score (nSPS) is 16.4. The third kappa shape index (κ3) is 4.16. The Morgan fingerprint density at radius 1 is 1.06 bits per heavy atom. The number of nitrogens with zero attached hydrogens (tertiary/aromatic N) is 5. The number of H-pyrrole nitrogens is 1. The lowest BCUT2D eigenvalue weighted by Gasteiger charge is -2.36. The van der Waals surface area contributed by atoms with Crippen molar-refractivity contribution >= 4 is 45.9 Å². The number of rotatable bonds is 6. The van der Waals surface area contributed by atoms with Crippen LogP contribution >= 0.6 is 23.4 Å². The summed E-state index contributed by atoms with van der Waals surface area (Å²) in [5, 5.41) is 11.7. The number of fused-ring (bicyclic) bond motifs is 1. The molecule has 1 aliphatic carbocycles. The van der Waals surface area contributed by atoms with Gasteiger partial charge in [-0.2, -0.15) is 0 Å². The van der Waals surface area contributed by atoms with E-state index in [1.165, 1.54) is 11.8 Å². The summed E-state index contributed by atoms with van der Waals surface area (Å²) in [4.78, 5) is 20.5. The van der Waals surface area contributed by atoms with E-state index in [2.05, 4.69) is 42.8 Å². The minimum Gasteiger partial charge on any atom is -0.368 e. The number of halogens is 1. The molecule has 0 atom stereocenters. The van der Waals surface area contributed by atoms with Crippen LogP contribution in [0.1, 0.15) is 18.9 Å². The van der Waals surface area contributed by atoms with Gasteiger partial charge in [0, 0.05) is 65.6 Å². The lowest BCUT2D eigenvalue weighted by Crippen LogP contribution is -2.49. The SMILES string of the molecule is O=C(CSc1nnc(-c2c[nH]c3ccccc23)n1C1CC1)N1CCN(c2cccc(Cl)c2)CC1. The van der Waals surface area contributed by atoms with Crippen LogP contribution in [0.15, 0.2) is 59.9 Å². The number of carbonyl (C=O) groups is 1. The minimum absolute atomic E-state index is 0.148. The number of amides is 1. The van der Waals surface area contributed by atoms with Crippen molar-refractivity contribution in [3.8, 4) is 11.4 Å². The second kappa shape index (κ2) is 9.00. The third-order valence-electron chi connectivity index (χ3n) is 6.54. The smallest absolute Gasteiger partial charge is 0.233 e. The fraction of sp³-hybridized carbons (Fsp3) is 0.320. The number of aromatic amines is 1. The molecule has 7 nitrogen and oxygen atoms in total. The molecule has 2 aromatic heterocycles. The average molecular weight is 493 g/mol. The van der Waals surface area contributed by atoms with Gasteiger partial charge in [-0.25, -0.2) is 0 Å². The topological polar surface area (TPSA) is 70.0 Å². The summed E-state index contributed by atoms with van der Waals surface area (Å²) in [5.41, 5.74) is 3.26. The predicted octanol–water partition coefficient (Wildman–Crippen LogP) is 4.86. The van der Waals surface area contributed by atoms with Crippen molar-refractivity contribution in [2.75, 3.05) is 36.8 Å². The van der Waals surface area contributed by atoms with Crippen LogP contribution in [0.2, 0.25) is 5.02 Å². The molecule has 6 rings (SSSR count). The Labute approximate surface area is 207 Å². The Morgan fingerprint density at radius 3 is 2.68 bits per heavy atom. The second-order valence-electron chi connectivity index (χ2n) is 8.79. The first kappa shape index (κ1) is 21.6. The Morgan fingerprint density at radius 2 is 1.88 bits per heavy atom. The molecule has 2 aliphatic rings. The van der Waals surface area contributed by atoms with Gasteiger partial charge in [-0.05, 0) is 37.1 Å². The van der Waals surface area contributed by atoms with E-state index in [9.17, 15) is 4.79 Å². The van der Waals surface area contributed by atoms with Crippen molar-refractivity contribution in [3.63, 3.8) is 0 Å². The van der Waals surface area contributed by atoms with Crippen LogP contribution in [0.3, 0.4) is 0 Å². The summed E-state index contributed by atoms with van der Waals surface area (Å²) in [7, 11) is 0. The van der Waals surface area contributed by atoms with E-state index in [-0.39, 0.29) is 5.91 Å². The van der Waals surface area contributed by atoms with Gasteiger partial charge in [0.1, 0.15) is 0 Å². The van der Waals surface area contributed by atoms with Gasteiger partial charge in [-0.1, -0.05) is 47.6 Å². The molecule has 1 saturated carbocycles. The molecular weight excluding hydrogens is 468 g/mol. The highest BCUT2D eigenvalue weighted by Crippen LogP contribution is 2.42. The maximum absolute atomic E-state index is 13.0. The van der Waals surface area contributed by atoms with Gasteiger partial charge in [0.05, 0.1) is 5.75 Å². The molecule has 1 N–H and O–H groups in total. The predicted molar refractivity (Wildman–Crippen MR) is 137 cm³/mol. The van der Waals surface area contributed by atoms with Crippen LogP contribution in [-0.4, -0.2) is 62.5 Å². The zero-order valence-corrected chi connectivity index (χ0v) is 20.2. The van der Waals surface area contributed by atoms with E-state index in [0.717, 1.165) is 64.1 Å². The Balaban J connectivity index is 1.13. The second-order valence-corrected chi connectivity index (χ2v) is 10.2. The number of hydrogen-bond acceptors (Lipinski definition) is 5. The molecule has 9 heteroatoms. The number of hydrogen-bond donors (Lipinski definition) is 1. The Hall–Kier alpha value is -2.97. The van der Waals surface area contributed by atoms with Gasteiger partial charge in [0.25, 0.3) is 0 Å². The first-order chi connectivity index (χ1) is 16.7. The van der Waals surface area contributed by atoms with Crippen molar-refractivity contribution in [1.82, 2.24) is 24.6 Å². The average Bonchev–Trinajstić information content (AvgIpc) is 3.48. The van der Waals surface area contributed by atoms with E-state index in [1.807, 2.05) is 41.4 Å². The molecule has 0 unspecified atom stereocenters. The number of carbonyl (C=O) groups excluding carboxylic acids is 1. The van der Waals surface area contributed by atoms with Crippen LogP contribution in [-0.2, 0) is 4.79 Å². The lowest BCUT2D eigenvalue weighted by atomic mass is 10.1. The fourth-order valence-corrected chi connectivity index (χ4v) is 5.67. The first-order valence-electron chi connectivity index (χ1n) is 11.6. The zero-order chi connectivity index (χ0) is 23.1. The van der Waals surface area contributed by atoms with E-state index < -0.39 is 0 Å². The van der Waals surface area contributed by atoms with Gasteiger partial charge in [0.15, 0.2) is 11.0 Å². The Kier molecular flexibility index (Phi) is 5.71. The van der Waals surface area contributed by atoms with Crippen molar-refractivity contribution < 1.29 is 4.79 Å². The minimum atomic E-state index is 0.148. The van der Waals surface area contributed by atoms with Crippen LogP contribution < -0.4 is 4.90 Å². The molecule has 174 valence electrons. The van der Waals surface area contributed by atoms with Crippen molar-refractivity contribution in [2.45, 2.75) is 24.0 Å². The van der Waals surface area contributed by atoms with E-state index >= 15 is 0 Å². The number of para-hydroxylation sites is 1. The van der Waals surface area contributed by atoms with Crippen molar-refractivity contribution in [1.29, 1.82) is 0 Å². The molecule has 34 heavy (non-hydrogen) atoms. The Bertz CT molecular complexity index is 1340. The van der Waals surface area contributed by atoms with E-state index in [4.69, 9.17) is 11.6 Å². The summed E-state index contributed by atoms with van der Waals surface area (Å²) >= 11 is 7.63. The molecule has 2 aromatic carbocycles. The highest BCUT2D eigenvalue weighted by molar-refractivity contribution is 7.99. The molecule has 3 heterocycles. The number of thioether (sulfide) groups is 1. The van der Waals surface area contributed by atoms with Gasteiger partial charge in [-0.15, -0.1) is 10.2 Å². The van der Waals surface area contributed by atoms with Gasteiger partial charge in [0.2, 0.25) is 5.91 Å². The largest absolute Gasteiger partial charge is 0.368 e. The standard InChI is InChI=1S/C25H25ClN6OS/c26-17-4-3-5-19(14-17)30-10-12-31(13-11-30)23(33)16-34-25-29-28-24(32(25)18-8-9-18)21-15-27-22-7-2-1-6-20(21)22/h1-7,14-15,18,27H,8-13,16H2. The summed E-state index contributed by atoms with van der Waals surface area (Å²) in [5.74, 6) is 1.40. The van der Waals surface area contributed by atoms with E-state index in [1.54, 1.807) is 0 Å². The van der Waals surface area contributed by atoms with Crippen molar-refractivity contribution in [2.24, 2.45) is 0 Å². The van der Waals surface area contributed by atoms with Crippen LogP contribution in [0.5, 0.6) is 0 Å². The summed E-state index contributed by atoms with van der Waals surface area (Å²) in [6, 6.07) is 16.5. The summed E-state index contributed by atoms with van der Waals surface area (Å²) in [6.07, 6.45) is 4.26. The molecule has 1 saturated heterocycles. The molecule has 0 spiro atoms. The van der Waals surface area contributed by atoms with Gasteiger partial charge < -0.3 is 14.8 Å². The van der Waals surface area contributed by atoms with Gasteiger partial charge >= 0.3 is 0 Å². The lowest BCUT2D eigenvalue weighted by molar-refractivity contribution is -0.128. The van der Waals surface area contributed by atoms with Crippen LogP contribution in [0.4, 0.5) is 5.69 Å². The zero-order valence-electron chi connectivity index (χ0n) is 18.7. The molecule has 1 amide bonds. The maximum Gasteiger partial charge on any atom is 0.233 e. The fourth-order valence-electron chi connectivity index (χ4n) is 4.58. The van der Waals surface area contributed by atoms with Gasteiger partial charge in [-0.3, -0.25) is 9.36 Å². The number of aromatic nitrogens is 4. The van der Waals surface area contributed by atoms with E-state index in [0.29, 0.717) is 24.9 Å². The van der Waals surface area contributed by atoms with Crippen molar-refractivity contribution in [3.05, 3.63) is 59.8 Å². The van der Waals surface area contributed by atoms with Crippen LogP contribution in [0.25, 0.3) is 22.3 Å². The maximum atomic E-state index is 13.0.